The summed E-state index contributed by atoms with van der Waals surface area (Å²) in [5.41, 5.74) is -0.319. The number of benzene rings is 2. The van der Waals surface area contributed by atoms with Crippen molar-refractivity contribution in [2.45, 2.75) is 36.6 Å². The van der Waals surface area contributed by atoms with Crippen molar-refractivity contribution in [1.82, 2.24) is 9.62 Å². The van der Waals surface area contributed by atoms with Crippen LogP contribution in [0, 0.1) is 11.6 Å². The number of sulfonamides is 1. The number of ether oxygens (including phenoxy) is 1. The van der Waals surface area contributed by atoms with Gasteiger partial charge in [-0.05, 0) is 55.7 Å². The normalized spacial score (nSPS) is 16.8. The molecule has 0 spiro atoms. The largest absolute Gasteiger partial charge is 0.497 e. The molecule has 1 atom stereocenters. The quantitative estimate of drug-likeness (QED) is 0.592. The maximum atomic E-state index is 13.7. The Bertz CT molecular complexity index is 1110. The van der Waals surface area contributed by atoms with Crippen molar-refractivity contribution in [3.8, 4) is 5.75 Å². The average molecular weight is 482 g/mol. The molecule has 11 heteroatoms. The van der Waals surface area contributed by atoms with Gasteiger partial charge in [0.25, 0.3) is 0 Å². The maximum Gasteiger partial charge on any atom is 0.313 e. The summed E-state index contributed by atoms with van der Waals surface area (Å²) in [6, 6.07) is 8.35. The van der Waals surface area contributed by atoms with Gasteiger partial charge in [0, 0.05) is 25.2 Å². The van der Waals surface area contributed by atoms with Crippen LogP contribution in [0.4, 0.5) is 14.5 Å². The molecule has 0 aromatic heterocycles. The van der Waals surface area contributed by atoms with Crippen molar-refractivity contribution < 1.29 is 31.5 Å². The number of carbonyl (C=O) groups excluding carboxylic acids is 2. The number of nitrogens with zero attached hydrogens (tertiary/aromatic N) is 1. The summed E-state index contributed by atoms with van der Waals surface area (Å²) in [5, 5.41) is 4.50. The Morgan fingerprint density at radius 1 is 1.09 bits per heavy atom. The van der Waals surface area contributed by atoms with Gasteiger partial charge in [0.2, 0.25) is 10.0 Å². The van der Waals surface area contributed by atoms with E-state index in [4.69, 9.17) is 4.74 Å². The van der Waals surface area contributed by atoms with Gasteiger partial charge in [0.15, 0.2) is 0 Å². The van der Waals surface area contributed by atoms with Crippen LogP contribution in [0.5, 0.6) is 5.75 Å². The third-order valence-electron chi connectivity index (χ3n) is 5.39. The molecular weight excluding hydrogens is 456 g/mol. The molecule has 1 aliphatic rings. The summed E-state index contributed by atoms with van der Waals surface area (Å²) in [6.45, 7) is 0.411. The second-order valence-electron chi connectivity index (χ2n) is 7.56. The minimum atomic E-state index is -3.74. The van der Waals surface area contributed by atoms with Crippen molar-refractivity contribution in [2.75, 3.05) is 25.5 Å². The Morgan fingerprint density at radius 3 is 2.48 bits per heavy atom. The number of nitrogens with one attached hydrogen (secondary N) is 2. The number of carbonyl (C=O) groups is 2. The maximum absolute atomic E-state index is 13.7. The van der Waals surface area contributed by atoms with E-state index in [0.29, 0.717) is 31.2 Å². The molecule has 1 heterocycles. The van der Waals surface area contributed by atoms with Crippen molar-refractivity contribution in [3.05, 3.63) is 54.1 Å². The molecule has 1 saturated heterocycles. The second-order valence-corrected chi connectivity index (χ2v) is 9.45. The van der Waals surface area contributed by atoms with Crippen LogP contribution in [0.1, 0.15) is 25.7 Å². The fourth-order valence-electron chi connectivity index (χ4n) is 3.66. The van der Waals surface area contributed by atoms with Gasteiger partial charge in [-0.1, -0.05) is 6.42 Å². The van der Waals surface area contributed by atoms with Gasteiger partial charge in [-0.2, -0.15) is 4.31 Å². The molecule has 0 bridgehead atoms. The Labute approximate surface area is 191 Å². The number of anilines is 1. The molecule has 1 unspecified atom stereocenters. The van der Waals surface area contributed by atoms with Crippen LogP contribution < -0.4 is 15.4 Å². The third kappa shape index (κ3) is 6.05. The standard InChI is InChI=1S/C22H25F2N3O5S/c1-32-17-6-8-18(9-7-17)33(30,31)27-13-3-2-4-16(27)11-12-25-21(28)22(29)26-20-10-5-15(23)14-19(20)24/h5-10,14,16H,2-4,11-13H2,1H3,(H,25,28)(H,26,29). The van der Waals surface area contributed by atoms with Crippen LogP contribution in [0.3, 0.4) is 0 Å². The Hall–Kier alpha value is -3.05. The molecule has 2 N–H and O–H groups in total. The number of hydrogen-bond donors (Lipinski definition) is 2. The molecule has 2 amide bonds. The number of methoxy groups -OCH3 is 1. The van der Waals surface area contributed by atoms with Crippen LogP contribution in [0.2, 0.25) is 0 Å². The Balaban J connectivity index is 1.58. The lowest BCUT2D eigenvalue weighted by atomic mass is 10.0. The zero-order valence-corrected chi connectivity index (χ0v) is 18.8. The van der Waals surface area contributed by atoms with Gasteiger partial charge >= 0.3 is 11.8 Å². The molecule has 0 radical (unpaired) electrons. The minimum Gasteiger partial charge on any atom is -0.497 e. The molecule has 0 aliphatic carbocycles. The van der Waals surface area contributed by atoms with Crippen LogP contribution >= 0.6 is 0 Å². The molecular formula is C22H25F2N3O5S. The predicted octanol–water partition coefficient (Wildman–Crippen LogP) is 2.66. The molecule has 1 aliphatic heterocycles. The lowest BCUT2D eigenvalue weighted by Crippen LogP contribution is -2.45. The topological polar surface area (TPSA) is 105 Å². The second kappa shape index (κ2) is 10.7. The number of halogens is 2. The van der Waals surface area contributed by atoms with Crippen LogP contribution in [0.25, 0.3) is 0 Å². The highest BCUT2D eigenvalue weighted by atomic mass is 32.2. The van der Waals surface area contributed by atoms with E-state index in [1.165, 1.54) is 23.5 Å². The highest BCUT2D eigenvalue weighted by Gasteiger charge is 2.33. The zero-order valence-electron chi connectivity index (χ0n) is 18.0. The summed E-state index contributed by atoms with van der Waals surface area (Å²) in [6.07, 6.45) is 2.50. The SMILES string of the molecule is COc1ccc(S(=O)(=O)N2CCCCC2CCNC(=O)C(=O)Nc2ccc(F)cc2F)cc1. The van der Waals surface area contributed by atoms with Crippen LogP contribution in [-0.4, -0.2) is 50.8 Å². The van der Waals surface area contributed by atoms with Crippen LogP contribution in [0.15, 0.2) is 47.4 Å². The average Bonchev–Trinajstić information content (AvgIpc) is 2.81. The fraction of sp³-hybridized carbons (Fsp3) is 0.364. The highest BCUT2D eigenvalue weighted by Crippen LogP contribution is 2.28. The first kappa shape index (κ1) is 24.6. The number of amides is 2. The lowest BCUT2D eigenvalue weighted by molar-refractivity contribution is -0.136. The van der Waals surface area contributed by atoms with E-state index in [9.17, 15) is 26.8 Å². The molecule has 0 saturated carbocycles. The lowest BCUT2D eigenvalue weighted by Gasteiger charge is -2.34. The van der Waals surface area contributed by atoms with E-state index in [1.54, 1.807) is 12.1 Å². The van der Waals surface area contributed by atoms with E-state index in [1.807, 2.05) is 0 Å². The van der Waals surface area contributed by atoms with E-state index >= 15 is 0 Å². The van der Waals surface area contributed by atoms with E-state index in [0.717, 1.165) is 25.0 Å². The molecule has 8 nitrogen and oxygen atoms in total. The monoisotopic (exact) mass is 481 g/mol. The Kier molecular flexibility index (Phi) is 7.98. The third-order valence-corrected chi connectivity index (χ3v) is 7.35. The summed E-state index contributed by atoms with van der Waals surface area (Å²) < 4.78 is 59.4. The van der Waals surface area contributed by atoms with Gasteiger partial charge in [-0.25, -0.2) is 17.2 Å². The summed E-state index contributed by atoms with van der Waals surface area (Å²) >= 11 is 0. The van der Waals surface area contributed by atoms with Crippen molar-refractivity contribution in [1.29, 1.82) is 0 Å². The van der Waals surface area contributed by atoms with Crippen molar-refractivity contribution in [2.24, 2.45) is 0 Å². The zero-order chi connectivity index (χ0) is 24.0. The molecule has 3 rings (SSSR count). The van der Waals surface area contributed by atoms with Gasteiger partial charge in [0.1, 0.15) is 17.4 Å². The molecule has 1 fully saturated rings. The van der Waals surface area contributed by atoms with E-state index in [-0.39, 0.29) is 23.2 Å². The Morgan fingerprint density at radius 2 is 1.82 bits per heavy atom. The smallest absolute Gasteiger partial charge is 0.313 e. The van der Waals surface area contributed by atoms with Crippen molar-refractivity contribution in [3.63, 3.8) is 0 Å². The molecule has 33 heavy (non-hydrogen) atoms. The van der Waals surface area contributed by atoms with Crippen LogP contribution in [-0.2, 0) is 19.6 Å². The first-order valence-electron chi connectivity index (χ1n) is 10.4. The highest BCUT2D eigenvalue weighted by molar-refractivity contribution is 7.89. The van der Waals surface area contributed by atoms with Gasteiger partial charge in [-0.3, -0.25) is 9.59 Å². The first-order valence-corrected chi connectivity index (χ1v) is 11.9. The molecule has 2 aromatic carbocycles. The summed E-state index contributed by atoms with van der Waals surface area (Å²) in [7, 11) is -2.24. The van der Waals surface area contributed by atoms with Gasteiger partial charge in [-0.15, -0.1) is 0 Å². The summed E-state index contributed by atoms with van der Waals surface area (Å²) in [5.74, 6) is -3.37. The number of piperidine rings is 1. The number of rotatable bonds is 7. The molecule has 178 valence electrons. The summed E-state index contributed by atoms with van der Waals surface area (Å²) in [4.78, 5) is 24.2. The first-order chi connectivity index (χ1) is 15.7. The van der Waals surface area contributed by atoms with Gasteiger partial charge < -0.3 is 15.4 Å². The van der Waals surface area contributed by atoms with E-state index < -0.39 is 33.5 Å². The number of hydrogen-bond acceptors (Lipinski definition) is 5. The van der Waals surface area contributed by atoms with Gasteiger partial charge in [0.05, 0.1) is 17.7 Å². The predicted molar refractivity (Wildman–Crippen MR) is 117 cm³/mol. The fourth-order valence-corrected chi connectivity index (χ4v) is 5.39. The minimum absolute atomic E-state index is 0.0530. The molecule has 2 aromatic rings. The van der Waals surface area contributed by atoms with E-state index in [2.05, 4.69) is 10.6 Å². The van der Waals surface area contributed by atoms with Crippen molar-refractivity contribution >= 4 is 27.5 Å².